The van der Waals surface area contributed by atoms with Crippen LogP contribution in [0, 0.1) is 0 Å². The van der Waals surface area contributed by atoms with Crippen LogP contribution in [-0.2, 0) is 0 Å². The lowest BCUT2D eigenvalue weighted by Crippen LogP contribution is -2.30. The second-order valence-corrected chi connectivity index (χ2v) is 5.62. The lowest BCUT2D eigenvalue weighted by Gasteiger charge is -2.20. The van der Waals surface area contributed by atoms with Crippen LogP contribution in [0.1, 0.15) is 31.1 Å². The smallest absolute Gasteiger partial charge is 0.124 e. The molecule has 1 unspecified atom stereocenters. The molecule has 2 aromatic rings. The van der Waals surface area contributed by atoms with E-state index in [9.17, 15) is 0 Å². The van der Waals surface area contributed by atoms with E-state index < -0.39 is 0 Å². The highest BCUT2D eigenvalue weighted by Gasteiger charge is 2.18. The summed E-state index contributed by atoms with van der Waals surface area (Å²) in [6.45, 7) is 4.00. The lowest BCUT2D eigenvalue weighted by molar-refractivity contribution is 0.238. The van der Waals surface area contributed by atoms with Gasteiger partial charge in [0.2, 0.25) is 0 Å². The van der Waals surface area contributed by atoms with Crippen LogP contribution in [0.15, 0.2) is 47.1 Å². The fourth-order valence-electron chi connectivity index (χ4n) is 1.97. The van der Waals surface area contributed by atoms with Crippen LogP contribution in [-0.4, -0.2) is 11.1 Å². The van der Waals surface area contributed by atoms with Crippen LogP contribution < -0.4 is 16.0 Å². The van der Waals surface area contributed by atoms with Crippen LogP contribution in [0.4, 0.5) is 0 Å². The third kappa shape index (κ3) is 3.56. The largest absolute Gasteiger partial charge is 0.491 e. The van der Waals surface area contributed by atoms with Crippen molar-refractivity contribution in [2.24, 2.45) is 5.84 Å². The van der Waals surface area contributed by atoms with Gasteiger partial charge in [0.25, 0.3) is 0 Å². The molecule has 20 heavy (non-hydrogen) atoms. The summed E-state index contributed by atoms with van der Waals surface area (Å²) in [6.07, 6.45) is 1.86. The van der Waals surface area contributed by atoms with Crippen LogP contribution in [0.2, 0.25) is 0 Å². The molecule has 5 heteroatoms. The SMILES string of the molecule is CC(C)Oc1ccccc1C(NN)c1ccc(Br)cn1. The van der Waals surface area contributed by atoms with E-state index in [0.717, 1.165) is 21.5 Å². The lowest BCUT2D eigenvalue weighted by atomic mass is 10.0. The Morgan fingerprint density at radius 3 is 2.55 bits per heavy atom. The molecule has 1 atom stereocenters. The van der Waals surface area contributed by atoms with Crippen molar-refractivity contribution in [3.63, 3.8) is 0 Å². The first-order valence-corrected chi connectivity index (χ1v) is 7.24. The molecule has 0 saturated carbocycles. The van der Waals surface area contributed by atoms with E-state index in [2.05, 4.69) is 26.3 Å². The van der Waals surface area contributed by atoms with Gasteiger partial charge in [0, 0.05) is 16.2 Å². The van der Waals surface area contributed by atoms with E-state index in [1.807, 2.05) is 50.2 Å². The van der Waals surface area contributed by atoms with E-state index >= 15 is 0 Å². The van der Waals surface area contributed by atoms with Crippen molar-refractivity contribution in [3.05, 3.63) is 58.3 Å². The Morgan fingerprint density at radius 1 is 1.20 bits per heavy atom. The average molecular weight is 336 g/mol. The average Bonchev–Trinajstić information content (AvgIpc) is 2.43. The zero-order valence-corrected chi connectivity index (χ0v) is 13.1. The highest BCUT2D eigenvalue weighted by Crippen LogP contribution is 2.29. The Hall–Kier alpha value is -1.43. The molecule has 106 valence electrons. The van der Waals surface area contributed by atoms with Gasteiger partial charge >= 0.3 is 0 Å². The third-order valence-corrected chi connectivity index (χ3v) is 3.27. The summed E-state index contributed by atoms with van der Waals surface area (Å²) in [4.78, 5) is 4.40. The van der Waals surface area contributed by atoms with E-state index in [1.54, 1.807) is 6.20 Å². The molecular formula is C15H18BrN3O. The Balaban J connectivity index is 2.38. The van der Waals surface area contributed by atoms with Crippen molar-refractivity contribution in [2.45, 2.75) is 26.0 Å². The van der Waals surface area contributed by atoms with Crippen molar-refractivity contribution in [1.82, 2.24) is 10.4 Å². The number of nitrogens with one attached hydrogen (secondary N) is 1. The number of hydrogen-bond donors (Lipinski definition) is 2. The number of hydrogen-bond acceptors (Lipinski definition) is 4. The van der Waals surface area contributed by atoms with Gasteiger partial charge in [-0.15, -0.1) is 0 Å². The zero-order chi connectivity index (χ0) is 14.5. The second kappa shape index (κ2) is 6.83. The van der Waals surface area contributed by atoms with Crippen LogP contribution in [0.3, 0.4) is 0 Å². The maximum absolute atomic E-state index is 5.84. The van der Waals surface area contributed by atoms with E-state index in [4.69, 9.17) is 10.6 Å². The molecule has 0 radical (unpaired) electrons. The first kappa shape index (κ1) is 15.0. The van der Waals surface area contributed by atoms with Crippen LogP contribution >= 0.6 is 15.9 Å². The Bertz CT molecular complexity index is 557. The number of benzene rings is 1. The number of rotatable bonds is 5. The maximum Gasteiger partial charge on any atom is 0.124 e. The zero-order valence-electron chi connectivity index (χ0n) is 11.5. The molecule has 0 aliphatic heterocycles. The fraction of sp³-hybridized carbons (Fsp3) is 0.267. The molecule has 3 N–H and O–H groups in total. The van der Waals surface area contributed by atoms with Gasteiger partial charge in [0.05, 0.1) is 17.8 Å². The normalized spacial score (nSPS) is 12.4. The molecule has 0 spiro atoms. The van der Waals surface area contributed by atoms with E-state index in [0.29, 0.717) is 0 Å². The van der Waals surface area contributed by atoms with Crippen molar-refractivity contribution < 1.29 is 4.74 Å². The van der Waals surface area contributed by atoms with Crippen LogP contribution in [0.5, 0.6) is 5.75 Å². The van der Waals surface area contributed by atoms with Gasteiger partial charge in [-0.05, 0) is 48.0 Å². The molecule has 0 aliphatic rings. The minimum absolute atomic E-state index is 0.104. The Labute approximate surface area is 127 Å². The molecule has 1 aromatic carbocycles. The molecule has 1 aromatic heterocycles. The van der Waals surface area contributed by atoms with Gasteiger partial charge < -0.3 is 4.74 Å². The molecule has 0 bridgehead atoms. The van der Waals surface area contributed by atoms with E-state index in [1.165, 1.54) is 0 Å². The van der Waals surface area contributed by atoms with Crippen molar-refractivity contribution >= 4 is 15.9 Å². The summed E-state index contributed by atoms with van der Waals surface area (Å²) in [6, 6.07) is 11.5. The number of nitrogens with zero attached hydrogens (tertiary/aromatic N) is 1. The molecule has 0 amide bonds. The van der Waals surface area contributed by atoms with Gasteiger partial charge in [-0.3, -0.25) is 10.8 Å². The minimum Gasteiger partial charge on any atom is -0.491 e. The monoisotopic (exact) mass is 335 g/mol. The topological polar surface area (TPSA) is 60.2 Å². The van der Waals surface area contributed by atoms with Gasteiger partial charge in [0.1, 0.15) is 5.75 Å². The van der Waals surface area contributed by atoms with Crippen molar-refractivity contribution in [1.29, 1.82) is 0 Å². The molecule has 1 heterocycles. The Kier molecular flexibility index (Phi) is 5.11. The molecule has 0 aliphatic carbocycles. The predicted octanol–water partition coefficient (Wildman–Crippen LogP) is 3.18. The standard InChI is InChI=1S/C15H18BrN3O/c1-10(2)20-14-6-4-3-5-12(14)15(19-17)13-8-7-11(16)9-18-13/h3-10,15,19H,17H2,1-2H3. The molecule has 0 fully saturated rings. The van der Waals surface area contributed by atoms with Gasteiger partial charge in [-0.2, -0.15) is 0 Å². The molecule has 2 rings (SSSR count). The predicted molar refractivity (Wildman–Crippen MR) is 83.3 cm³/mol. The quantitative estimate of drug-likeness (QED) is 0.650. The first-order valence-electron chi connectivity index (χ1n) is 6.45. The van der Waals surface area contributed by atoms with Crippen LogP contribution in [0.25, 0.3) is 0 Å². The minimum atomic E-state index is -0.210. The molecule has 0 saturated heterocycles. The number of halogens is 1. The van der Waals surface area contributed by atoms with Gasteiger partial charge in [-0.25, -0.2) is 5.43 Å². The Morgan fingerprint density at radius 2 is 1.95 bits per heavy atom. The highest BCUT2D eigenvalue weighted by molar-refractivity contribution is 9.10. The second-order valence-electron chi connectivity index (χ2n) is 4.71. The summed E-state index contributed by atoms with van der Waals surface area (Å²) < 4.78 is 6.77. The molecular weight excluding hydrogens is 318 g/mol. The maximum atomic E-state index is 5.84. The summed E-state index contributed by atoms with van der Waals surface area (Å²) in [5.74, 6) is 6.53. The number of aromatic nitrogens is 1. The number of pyridine rings is 1. The third-order valence-electron chi connectivity index (χ3n) is 2.81. The summed E-state index contributed by atoms with van der Waals surface area (Å²) in [7, 11) is 0. The summed E-state index contributed by atoms with van der Waals surface area (Å²) >= 11 is 3.38. The number of hydrazine groups is 1. The van der Waals surface area contributed by atoms with Gasteiger partial charge in [-0.1, -0.05) is 18.2 Å². The summed E-state index contributed by atoms with van der Waals surface area (Å²) in [5, 5.41) is 0. The van der Waals surface area contributed by atoms with E-state index in [-0.39, 0.29) is 12.1 Å². The number of nitrogens with two attached hydrogens (primary N) is 1. The number of ether oxygens (including phenoxy) is 1. The van der Waals surface area contributed by atoms with Gasteiger partial charge in [0.15, 0.2) is 0 Å². The summed E-state index contributed by atoms with van der Waals surface area (Å²) in [5.41, 5.74) is 4.62. The first-order chi connectivity index (χ1) is 9.61. The highest BCUT2D eigenvalue weighted by atomic mass is 79.9. The number of para-hydroxylation sites is 1. The van der Waals surface area contributed by atoms with Crippen molar-refractivity contribution in [2.75, 3.05) is 0 Å². The molecule has 4 nitrogen and oxygen atoms in total. The fourth-order valence-corrected chi connectivity index (χ4v) is 2.21. The van der Waals surface area contributed by atoms with Crippen molar-refractivity contribution in [3.8, 4) is 5.75 Å².